The fourth-order valence-corrected chi connectivity index (χ4v) is 8.26. The second kappa shape index (κ2) is 9.85. The third-order valence-corrected chi connectivity index (χ3v) is 10.7. The van der Waals surface area contributed by atoms with E-state index in [0.29, 0.717) is 18.4 Å². The summed E-state index contributed by atoms with van der Waals surface area (Å²) in [6.07, 6.45) is 2.35. The van der Waals surface area contributed by atoms with E-state index in [4.69, 9.17) is 14.1 Å². The number of carbonyl (C=O) groups excluding carboxylic acids is 2. The number of rotatable bonds is 5. The molecular formula is C28H37BFNO8. The lowest BCUT2D eigenvalue weighted by molar-refractivity contribution is -0.205. The van der Waals surface area contributed by atoms with Gasteiger partial charge >= 0.3 is 13.1 Å². The number of ether oxygens (including phenoxy) is 2. The molecule has 3 N–H and O–H groups in total. The lowest BCUT2D eigenvalue weighted by Crippen LogP contribution is -2.63. The lowest BCUT2D eigenvalue weighted by atomic mass is 9.44. The van der Waals surface area contributed by atoms with Crippen molar-refractivity contribution in [2.75, 3.05) is 6.61 Å². The van der Waals surface area contributed by atoms with Crippen LogP contribution < -0.4 is 10.2 Å². The van der Waals surface area contributed by atoms with Crippen LogP contribution in [0.4, 0.5) is 4.39 Å². The highest BCUT2D eigenvalue weighted by Crippen LogP contribution is 2.67. The molecule has 1 aliphatic heterocycles. The second-order valence-corrected chi connectivity index (χ2v) is 12.5. The standard InChI is InChI=1S/C28H37BFNO8/c1-15-7-9-28-10-8-18(32)24(28)27(15,4)20(11-26(3,14-31-36)25(34)16(28)2)39-21(33)13-37-19-6-5-17-12-38-29(35)22(17)23(19)30/h5-6,14-16,20,24-25,34-36H,7-13H2,1-4H3/t15-,16-,20+,24-,25-,26-,27-,28-/m0/s1. The number of carbonyl (C=O) groups is 2. The van der Waals surface area contributed by atoms with Crippen LogP contribution in [-0.4, -0.2) is 59.2 Å². The Labute approximate surface area is 227 Å². The molecule has 1 aromatic carbocycles. The number of halogens is 1. The minimum Gasteiger partial charge on any atom is -0.479 e. The molecule has 3 saturated carbocycles. The number of esters is 1. The van der Waals surface area contributed by atoms with Gasteiger partial charge in [-0.15, -0.1) is 5.16 Å². The Morgan fingerprint density at radius 2 is 2.05 bits per heavy atom. The molecule has 3 aliphatic carbocycles. The molecular weight excluding hydrogens is 508 g/mol. The van der Waals surface area contributed by atoms with Crippen molar-refractivity contribution in [3.8, 4) is 5.75 Å². The lowest BCUT2D eigenvalue weighted by Gasteiger charge is -2.61. The molecule has 0 radical (unpaired) electrons. The van der Waals surface area contributed by atoms with Crippen molar-refractivity contribution < 1.29 is 43.4 Å². The van der Waals surface area contributed by atoms with Crippen LogP contribution >= 0.6 is 0 Å². The molecule has 4 aliphatic rings. The number of hydrogen-bond donors (Lipinski definition) is 3. The number of Topliss-reactive ketones (excluding diaryl/α,β-unsaturated/α-hetero) is 1. The van der Waals surface area contributed by atoms with E-state index < -0.39 is 59.9 Å². The number of fused-ring (bicyclic) bond motifs is 1. The number of aliphatic hydroxyl groups excluding tert-OH is 1. The maximum absolute atomic E-state index is 14.9. The molecule has 0 unspecified atom stereocenters. The van der Waals surface area contributed by atoms with Gasteiger partial charge in [-0.25, -0.2) is 9.18 Å². The van der Waals surface area contributed by atoms with E-state index in [1.165, 1.54) is 12.3 Å². The first-order chi connectivity index (χ1) is 18.4. The second-order valence-electron chi connectivity index (χ2n) is 12.5. The van der Waals surface area contributed by atoms with Crippen LogP contribution in [0.25, 0.3) is 0 Å². The average Bonchev–Trinajstić information content (AvgIpc) is 3.45. The van der Waals surface area contributed by atoms with Crippen molar-refractivity contribution in [3.63, 3.8) is 0 Å². The van der Waals surface area contributed by atoms with E-state index in [9.17, 15) is 29.3 Å². The maximum atomic E-state index is 14.9. The average molecular weight is 545 g/mol. The Morgan fingerprint density at radius 3 is 2.77 bits per heavy atom. The first-order valence-electron chi connectivity index (χ1n) is 13.7. The molecule has 11 heteroatoms. The van der Waals surface area contributed by atoms with Gasteiger partial charge in [-0.05, 0) is 54.6 Å². The molecule has 8 atom stereocenters. The molecule has 0 spiro atoms. The van der Waals surface area contributed by atoms with Gasteiger partial charge in [0.2, 0.25) is 0 Å². The first-order valence-corrected chi connectivity index (χ1v) is 13.7. The third kappa shape index (κ3) is 4.19. The summed E-state index contributed by atoms with van der Waals surface area (Å²) in [6, 6.07) is 2.95. The minimum atomic E-state index is -1.40. The summed E-state index contributed by atoms with van der Waals surface area (Å²) in [6.45, 7) is 7.30. The van der Waals surface area contributed by atoms with Crippen LogP contribution in [-0.2, 0) is 25.6 Å². The minimum absolute atomic E-state index is 0.0114. The molecule has 0 aromatic heterocycles. The van der Waals surface area contributed by atoms with Gasteiger partial charge in [-0.1, -0.05) is 33.8 Å². The van der Waals surface area contributed by atoms with Gasteiger partial charge in [-0.3, -0.25) is 4.79 Å². The molecule has 9 nitrogen and oxygen atoms in total. The van der Waals surface area contributed by atoms with Gasteiger partial charge in [-0.2, -0.15) is 0 Å². The summed E-state index contributed by atoms with van der Waals surface area (Å²) in [5, 5.41) is 34.3. The Balaban J connectivity index is 1.46. The molecule has 39 heavy (non-hydrogen) atoms. The molecule has 5 rings (SSSR count). The van der Waals surface area contributed by atoms with Gasteiger partial charge in [0.05, 0.1) is 18.9 Å². The number of benzene rings is 1. The Kier molecular flexibility index (Phi) is 7.09. The molecule has 0 saturated heterocycles. The third-order valence-electron chi connectivity index (χ3n) is 10.7. The maximum Gasteiger partial charge on any atom is 0.494 e. The predicted octanol–water partition coefficient (Wildman–Crippen LogP) is 2.60. The van der Waals surface area contributed by atoms with Crippen LogP contribution in [0.1, 0.15) is 65.4 Å². The molecule has 0 amide bonds. The number of aliphatic hydroxyl groups is 1. The van der Waals surface area contributed by atoms with E-state index in [1.807, 2.05) is 13.8 Å². The first kappa shape index (κ1) is 28.0. The van der Waals surface area contributed by atoms with Crippen LogP contribution in [0.15, 0.2) is 17.3 Å². The van der Waals surface area contributed by atoms with Crippen molar-refractivity contribution in [1.29, 1.82) is 0 Å². The summed E-state index contributed by atoms with van der Waals surface area (Å²) >= 11 is 0. The van der Waals surface area contributed by atoms with Gasteiger partial charge in [0.1, 0.15) is 11.9 Å². The highest BCUT2D eigenvalue weighted by atomic mass is 19.1. The van der Waals surface area contributed by atoms with Crippen molar-refractivity contribution in [2.24, 2.45) is 39.2 Å². The fraction of sp³-hybridized carbons (Fsp3) is 0.679. The zero-order chi connectivity index (χ0) is 28.3. The van der Waals surface area contributed by atoms with Crippen LogP contribution in [0, 0.1) is 39.8 Å². The number of ketones is 1. The molecule has 2 bridgehead atoms. The Hall–Kier alpha value is -2.50. The van der Waals surface area contributed by atoms with E-state index in [2.05, 4.69) is 12.1 Å². The van der Waals surface area contributed by atoms with Crippen LogP contribution in [0.3, 0.4) is 0 Å². The predicted molar refractivity (Wildman–Crippen MR) is 139 cm³/mol. The number of oxime groups is 1. The topological polar surface area (TPSA) is 135 Å². The fourth-order valence-electron chi connectivity index (χ4n) is 8.26. The summed E-state index contributed by atoms with van der Waals surface area (Å²) in [4.78, 5) is 26.7. The summed E-state index contributed by atoms with van der Waals surface area (Å²) in [5.74, 6) is -2.25. The van der Waals surface area contributed by atoms with Gasteiger partial charge in [0, 0.05) is 28.6 Å². The molecule has 3 fully saturated rings. The summed E-state index contributed by atoms with van der Waals surface area (Å²) < 4.78 is 31.6. The van der Waals surface area contributed by atoms with Crippen LogP contribution in [0.5, 0.6) is 5.75 Å². The van der Waals surface area contributed by atoms with Crippen molar-refractivity contribution in [2.45, 2.75) is 78.6 Å². The monoisotopic (exact) mass is 545 g/mol. The number of hydrogen-bond acceptors (Lipinski definition) is 9. The highest BCUT2D eigenvalue weighted by Gasteiger charge is 2.68. The van der Waals surface area contributed by atoms with Crippen LogP contribution in [0.2, 0.25) is 0 Å². The van der Waals surface area contributed by atoms with Crippen molar-refractivity contribution in [3.05, 3.63) is 23.5 Å². The highest BCUT2D eigenvalue weighted by molar-refractivity contribution is 6.61. The summed E-state index contributed by atoms with van der Waals surface area (Å²) in [7, 11) is -1.40. The zero-order valence-electron chi connectivity index (χ0n) is 22.9. The Morgan fingerprint density at radius 1 is 1.31 bits per heavy atom. The Bertz CT molecular complexity index is 1200. The number of nitrogens with zero attached hydrogens (tertiary/aromatic N) is 1. The zero-order valence-corrected chi connectivity index (χ0v) is 22.9. The normalized spacial score (nSPS) is 39.7. The van der Waals surface area contributed by atoms with Gasteiger partial charge in [0.25, 0.3) is 0 Å². The van der Waals surface area contributed by atoms with E-state index in [1.54, 1.807) is 13.0 Å². The van der Waals surface area contributed by atoms with E-state index >= 15 is 0 Å². The SMILES string of the molecule is C[C@H]1[C@H](O)[C@](C)(C=NO)C[C@@H](OC(=O)COc2ccc3c(c2F)B(O)OC3)[C@@]2(C)[C@@H]3C(=O)CC[C@]31CC[C@@H]2C. The van der Waals surface area contributed by atoms with Crippen molar-refractivity contribution >= 4 is 30.5 Å². The molecule has 1 heterocycles. The van der Waals surface area contributed by atoms with Crippen molar-refractivity contribution in [1.82, 2.24) is 0 Å². The van der Waals surface area contributed by atoms with Gasteiger partial charge in [0.15, 0.2) is 18.2 Å². The van der Waals surface area contributed by atoms with Gasteiger partial charge < -0.3 is 29.5 Å². The largest absolute Gasteiger partial charge is 0.494 e. The summed E-state index contributed by atoms with van der Waals surface area (Å²) in [5.41, 5.74) is -1.74. The van der Waals surface area contributed by atoms with E-state index in [0.717, 1.165) is 12.8 Å². The quantitative estimate of drug-likeness (QED) is 0.169. The van der Waals surface area contributed by atoms with E-state index in [-0.39, 0.29) is 41.9 Å². The molecule has 1 aromatic rings. The smallest absolute Gasteiger partial charge is 0.479 e. The molecule has 212 valence electrons.